The van der Waals surface area contributed by atoms with Crippen molar-refractivity contribution in [2.45, 2.75) is 52.4 Å². The molecule has 1 aromatic carbocycles. The number of rotatable bonds is 2. The zero-order chi connectivity index (χ0) is 16.6. The first-order chi connectivity index (χ1) is 9.34. The van der Waals surface area contributed by atoms with Crippen LogP contribution in [-0.4, -0.2) is 16.2 Å². The average molecular weight is 295 g/mol. The Balaban J connectivity index is 3.70. The van der Waals surface area contributed by atoms with Gasteiger partial charge in [0.15, 0.2) is 0 Å². The molecule has 1 rings (SSSR count). The van der Waals surface area contributed by atoms with Gasteiger partial charge >= 0.3 is 6.16 Å². The standard InChI is InChI=1S/C15H21NO5/c1-14(2,3)9-7-10(15(4,5)6)12(21-13(17)18)8-11(9)16(19)20/h7-8H,1-6H3,(H,17,18). The van der Waals surface area contributed by atoms with Gasteiger partial charge < -0.3 is 9.84 Å². The fourth-order valence-electron chi connectivity index (χ4n) is 2.09. The van der Waals surface area contributed by atoms with Crippen LogP contribution in [0.2, 0.25) is 0 Å². The van der Waals surface area contributed by atoms with E-state index in [2.05, 4.69) is 0 Å². The van der Waals surface area contributed by atoms with Crippen molar-refractivity contribution in [2.75, 3.05) is 0 Å². The van der Waals surface area contributed by atoms with Crippen LogP contribution in [0.5, 0.6) is 5.75 Å². The minimum atomic E-state index is -1.49. The third-order valence-corrected chi connectivity index (χ3v) is 3.11. The largest absolute Gasteiger partial charge is 0.511 e. The van der Waals surface area contributed by atoms with Crippen LogP contribution < -0.4 is 4.74 Å². The molecule has 21 heavy (non-hydrogen) atoms. The first-order valence-corrected chi connectivity index (χ1v) is 6.58. The highest BCUT2D eigenvalue weighted by molar-refractivity contribution is 5.65. The van der Waals surface area contributed by atoms with E-state index in [0.717, 1.165) is 0 Å². The molecule has 0 bridgehead atoms. The van der Waals surface area contributed by atoms with Crippen LogP contribution in [0.15, 0.2) is 12.1 Å². The Labute approximate surface area is 123 Å². The van der Waals surface area contributed by atoms with E-state index in [1.54, 1.807) is 6.07 Å². The van der Waals surface area contributed by atoms with Gasteiger partial charge in [0.2, 0.25) is 0 Å². The fourth-order valence-corrected chi connectivity index (χ4v) is 2.09. The first-order valence-electron chi connectivity index (χ1n) is 6.58. The topological polar surface area (TPSA) is 89.7 Å². The first kappa shape index (κ1) is 16.9. The molecule has 1 N–H and O–H groups in total. The molecule has 0 amide bonds. The molecule has 6 heteroatoms. The smallest absolute Gasteiger partial charge is 0.449 e. The third-order valence-electron chi connectivity index (χ3n) is 3.11. The lowest BCUT2D eigenvalue weighted by Gasteiger charge is -2.26. The zero-order valence-corrected chi connectivity index (χ0v) is 13.2. The van der Waals surface area contributed by atoms with Crippen molar-refractivity contribution < 1.29 is 19.6 Å². The van der Waals surface area contributed by atoms with Gasteiger partial charge in [-0.25, -0.2) is 4.79 Å². The molecule has 6 nitrogen and oxygen atoms in total. The summed E-state index contributed by atoms with van der Waals surface area (Å²) in [5, 5.41) is 20.1. The summed E-state index contributed by atoms with van der Waals surface area (Å²) in [7, 11) is 0. The van der Waals surface area contributed by atoms with Crippen molar-refractivity contribution in [3.05, 3.63) is 33.4 Å². The Bertz CT molecular complexity index is 579. The second-order valence-corrected chi connectivity index (χ2v) is 6.99. The lowest BCUT2D eigenvalue weighted by molar-refractivity contribution is -0.386. The predicted molar refractivity (Wildman–Crippen MR) is 79.1 cm³/mol. The van der Waals surface area contributed by atoms with Crippen molar-refractivity contribution in [3.63, 3.8) is 0 Å². The second kappa shape index (κ2) is 5.35. The molecule has 0 aliphatic heterocycles. The second-order valence-electron chi connectivity index (χ2n) is 6.99. The molecule has 0 atom stereocenters. The van der Waals surface area contributed by atoms with Gasteiger partial charge in [-0.2, -0.15) is 0 Å². The van der Waals surface area contributed by atoms with E-state index in [9.17, 15) is 14.9 Å². The van der Waals surface area contributed by atoms with E-state index in [0.29, 0.717) is 11.1 Å². The Hall–Kier alpha value is -2.11. The summed E-state index contributed by atoms with van der Waals surface area (Å²) < 4.78 is 4.74. The normalized spacial score (nSPS) is 12.1. The summed E-state index contributed by atoms with van der Waals surface area (Å²) in [4.78, 5) is 21.6. The van der Waals surface area contributed by atoms with Gasteiger partial charge in [-0.05, 0) is 16.9 Å². The molecular weight excluding hydrogens is 274 g/mol. The molecule has 0 heterocycles. The molecule has 1 aromatic rings. The van der Waals surface area contributed by atoms with Crippen molar-refractivity contribution in [2.24, 2.45) is 0 Å². The number of carbonyl (C=O) groups is 1. The molecule has 0 radical (unpaired) electrons. The van der Waals surface area contributed by atoms with Gasteiger partial charge in [0.05, 0.1) is 11.0 Å². The van der Waals surface area contributed by atoms with Crippen molar-refractivity contribution >= 4 is 11.8 Å². The van der Waals surface area contributed by atoms with E-state index in [1.165, 1.54) is 6.07 Å². The SMILES string of the molecule is CC(C)(C)c1cc(C(C)(C)C)c([N+](=O)[O-])cc1OC(=O)O. The van der Waals surface area contributed by atoms with E-state index < -0.39 is 21.9 Å². The van der Waals surface area contributed by atoms with Gasteiger partial charge in [-0.15, -0.1) is 0 Å². The average Bonchev–Trinajstić information content (AvgIpc) is 2.24. The Morgan fingerprint density at radius 3 is 1.90 bits per heavy atom. The van der Waals surface area contributed by atoms with Crippen LogP contribution in [-0.2, 0) is 10.8 Å². The molecule has 0 aliphatic carbocycles. The summed E-state index contributed by atoms with van der Waals surface area (Å²) in [6, 6.07) is 2.88. The number of nitrogens with zero attached hydrogens (tertiary/aromatic N) is 1. The van der Waals surface area contributed by atoms with Crippen molar-refractivity contribution in [1.82, 2.24) is 0 Å². The van der Waals surface area contributed by atoms with E-state index in [-0.39, 0.29) is 11.4 Å². The van der Waals surface area contributed by atoms with Gasteiger partial charge in [0, 0.05) is 11.1 Å². The van der Waals surface area contributed by atoms with Crippen molar-refractivity contribution in [3.8, 4) is 5.75 Å². The lowest BCUT2D eigenvalue weighted by atomic mass is 9.79. The number of ether oxygens (including phenoxy) is 1. The van der Waals surface area contributed by atoms with Crippen molar-refractivity contribution in [1.29, 1.82) is 0 Å². The number of nitro groups is 1. The molecule has 0 aromatic heterocycles. The molecular formula is C15H21NO5. The van der Waals surface area contributed by atoms with Gasteiger partial charge in [-0.1, -0.05) is 41.5 Å². The molecule has 0 fully saturated rings. The maximum absolute atomic E-state index is 11.3. The molecule has 0 spiro atoms. The zero-order valence-electron chi connectivity index (χ0n) is 13.2. The van der Waals surface area contributed by atoms with Gasteiger partial charge in [-0.3, -0.25) is 10.1 Å². The maximum atomic E-state index is 11.3. The van der Waals surface area contributed by atoms with Crippen LogP contribution >= 0.6 is 0 Å². The quantitative estimate of drug-likeness (QED) is 0.381. The number of hydrogen-bond acceptors (Lipinski definition) is 4. The number of hydrogen-bond donors (Lipinski definition) is 1. The minimum Gasteiger partial charge on any atom is -0.449 e. The number of benzene rings is 1. The van der Waals surface area contributed by atoms with Gasteiger partial charge in [0.1, 0.15) is 5.75 Å². The summed E-state index contributed by atoms with van der Waals surface area (Å²) in [5.41, 5.74) is 0.201. The van der Waals surface area contributed by atoms with E-state index in [4.69, 9.17) is 9.84 Å². The molecule has 0 saturated heterocycles. The number of nitro benzene ring substituents is 1. The molecule has 0 saturated carbocycles. The Kier molecular flexibility index (Phi) is 4.32. The molecule has 0 unspecified atom stereocenters. The summed E-state index contributed by atoms with van der Waals surface area (Å²) in [5.74, 6) is 0.00898. The Morgan fingerprint density at radius 1 is 1.10 bits per heavy atom. The van der Waals surface area contributed by atoms with E-state index in [1.807, 2.05) is 41.5 Å². The van der Waals surface area contributed by atoms with Crippen LogP contribution in [0.4, 0.5) is 10.5 Å². The number of carboxylic acid groups (broad SMARTS) is 1. The summed E-state index contributed by atoms with van der Waals surface area (Å²) in [6.45, 7) is 11.3. The summed E-state index contributed by atoms with van der Waals surface area (Å²) in [6.07, 6.45) is -1.49. The van der Waals surface area contributed by atoms with Crippen LogP contribution in [0.3, 0.4) is 0 Å². The highest BCUT2D eigenvalue weighted by Gasteiger charge is 2.31. The summed E-state index contributed by atoms with van der Waals surface area (Å²) >= 11 is 0. The highest BCUT2D eigenvalue weighted by atomic mass is 16.7. The highest BCUT2D eigenvalue weighted by Crippen LogP contribution is 2.40. The minimum absolute atomic E-state index is 0.00898. The van der Waals surface area contributed by atoms with Crippen LogP contribution in [0, 0.1) is 10.1 Å². The predicted octanol–water partition coefficient (Wildman–Crippen LogP) is 4.25. The molecule has 0 aliphatic rings. The molecule has 116 valence electrons. The fraction of sp³-hybridized carbons (Fsp3) is 0.533. The van der Waals surface area contributed by atoms with Crippen LogP contribution in [0.25, 0.3) is 0 Å². The maximum Gasteiger partial charge on any atom is 0.511 e. The Morgan fingerprint density at radius 2 is 1.57 bits per heavy atom. The van der Waals surface area contributed by atoms with Gasteiger partial charge in [0.25, 0.3) is 5.69 Å². The van der Waals surface area contributed by atoms with E-state index >= 15 is 0 Å². The monoisotopic (exact) mass is 295 g/mol. The lowest BCUT2D eigenvalue weighted by Crippen LogP contribution is -2.20. The third kappa shape index (κ3) is 3.93. The van der Waals surface area contributed by atoms with Crippen LogP contribution in [0.1, 0.15) is 52.7 Å².